The van der Waals surface area contributed by atoms with Crippen LogP contribution in [0.5, 0.6) is 0 Å². The fraction of sp³-hybridized carbons (Fsp3) is 1.00. The van der Waals surface area contributed by atoms with Crippen molar-refractivity contribution < 1.29 is 4.74 Å². The smallest absolute Gasteiger partial charge is 0.0626 e. The topological polar surface area (TPSA) is 47.3 Å². The van der Waals surface area contributed by atoms with Crippen LogP contribution in [0.3, 0.4) is 0 Å². The molecule has 3 nitrogen and oxygen atoms in total. The Morgan fingerprint density at radius 1 is 1.67 bits per heavy atom. The van der Waals surface area contributed by atoms with Gasteiger partial charge in [0, 0.05) is 25.7 Å². The molecule has 1 fully saturated rings. The maximum atomic E-state index is 5.76. The van der Waals surface area contributed by atoms with Gasteiger partial charge in [0.05, 0.1) is 6.61 Å². The first-order valence-electron chi connectivity index (χ1n) is 4.54. The number of hydrogen-bond acceptors (Lipinski definition) is 3. The highest BCUT2D eigenvalue weighted by Crippen LogP contribution is 2.44. The Balaban J connectivity index is 2.03. The molecule has 0 heterocycles. The summed E-state index contributed by atoms with van der Waals surface area (Å²) < 4.78 is 4.94. The van der Waals surface area contributed by atoms with Crippen molar-refractivity contribution in [3.05, 3.63) is 0 Å². The van der Waals surface area contributed by atoms with Crippen molar-refractivity contribution in [2.75, 3.05) is 20.3 Å². The highest BCUT2D eigenvalue weighted by Gasteiger charge is 2.45. The summed E-state index contributed by atoms with van der Waals surface area (Å²) in [5.74, 6) is 0. The molecule has 0 amide bonds. The van der Waals surface area contributed by atoms with Crippen molar-refractivity contribution in [2.24, 2.45) is 11.1 Å². The van der Waals surface area contributed by atoms with E-state index >= 15 is 0 Å². The molecule has 0 aliphatic heterocycles. The molecule has 1 aliphatic carbocycles. The van der Waals surface area contributed by atoms with E-state index in [4.69, 9.17) is 10.5 Å². The summed E-state index contributed by atoms with van der Waals surface area (Å²) in [4.78, 5) is 0. The van der Waals surface area contributed by atoms with Gasteiger partial charge < -0.3 is 15.8 Å². The lowest BCUT2D eigenvalue weighted by Gasteiger charge is -2.12. The van der Waals surface area contributed by atoms with Crippen LogP contribution in [0.4, 0.5) is 0 Å². The van der Waals surface area contributed by atoms with Gasteiger partial charge in [-0.05, 0) is 11.8 Å². The molecule has 0 aromatic carbocycles. The van der Waals surface area contributed by atoms with Gasteiger partial charge in [0.15, 0.2) is 0 Å². The van der Waals surface area contributed by atoms with E-state index in [1.807, 2.05) is 0 Å². The molecule has 12 heavy (non-hydrogen) atoms. The van der Waals surface area contributed by atoms with Crippen molar-refractivity contribution in [2.45, 2.75) is 32.4 Å². The second-order valence-electron chi connectivity index (χ2n) is 4.37. The summed E-state index contributed by atoms with van der Waals surface area (Å²) in [5.41, 5.74) is 6.25. The largest absolute Gasteiger partial charge is 0.383 e. The molecule has 0 aromatic rings. The second kappa shape index (κ2) is 3.73. The van der Waals surface area contributed by atoms with E-state index in [-0.39, 0.29) is 6.04 Å². The number of methoxy groups -OCH3 is 1. The fourth-order valence-corrected chi connectivity index (χ4v) is 1.38. The molecule has 0 bridgehead atoms. The third kappa shape index (κ3) is 2.73. The highest BCUT2D eigenvalue weighted by atomic mass is 16.5. The molecule has 0 saturated heterocycles. The Kier molecular flexibility index (Phi) is 3.09. The Labute approximate surface area is 74.7 Å². The third-order valence-electron chi connectivity index (χ3n) is 2.52. The summed E-state index contributed by atoms with van der Waals surface area (Å²) in [7, 11) is 1.68. The molecule has 3 N–H and O–H groups in total. The van der Waals surface area contributed by atoms with E-state index < -0.39 is 0 Å². The number of hydrogen-bond donors (Lipinski definition) is 2. The first-order valence-corrected chi connectivity index (χ1v) is 4.54. The van der Waals surface area contributed by atoms with Crippen LogP contribution in [-0.4, -0.2) is 32.3 Å². The standard InChI is InChI=1S/C9H20N2O/c1-9(2)4-8(9)11-5-7(10)6-12-3/h7-8,11H,4-6,10H2,1-3H3. The molecular formula is C9H20N2O. The van der Waals surface area contributed by atoms with Gasteiger partial charge in [0.25, 0.3) is 0 Å². The molecule has 0 radical (unpaired) electrons. The lowest BCUT2D eigenvalue weighted by atomic mass is 10.2. The van der Waals surface area contributed by atoms with E-state index in [0.29, 0.717) is 18.1 Å². The van der Waals surface area contributed by atoms with Crippen molar-refractivity contribution in [1.82, 2.24) is 5.32 Å². The molecule has 1 rings (SSSR count). The first-order chi connectivity index (χ1) is 5.56. The fourth-order valence-electron chi connectivity index (χ4n) is 1.38. The first kappa shape index (κ1) is 9.96. The Bertz CT molecular complexity index is 147. The minimum Gasteiger partial charge on any atom is -0.383 e. The van der Waals surface area contributed by atoms with Crippen molar-refractivity contribution in [3.63, 3.8) is 0 Å². The zero-order chi connectivity index (χ0) is 9.19. The molecular weight excluding hydrogens is 152 g/mol. The number of nitrogens with one attached hydrogen (secondary N) is 1. The minimum absolute atomic E-state index is 0.131. The van der Waals surface area contributed by atoms with E-state index in [0.717, 1.165) is 6.54 Å². The van der Waals surface area contributed by atoms with Crippen LogP contribution in [0.2, 0.25) is 0 Å². The third-order valence-corrected chi connectivity index (χ3v) is 2.52. The number of ether oxygens (including phenoxy) is 1. The molecule has 1 aliphatic rings. The summed E-state index contributed by atoms with van der Waals surface area (Å²) in [5, 5.41) is 3.43. The van der Waals surface area contributed by atoms with E-state index in [1.54, 1.807) is 7.11 Å². The Hall–Kier alpha value is -0.120. The van der Waals surface area contributed by atoms with Gasteiger partial charge in [0.1, 0.15) is 0 Å². The monoisotopic (exact) mass is 172 g/mol. The molecule has 0 spiro atoms. The average molecular weight is 172 g/mol. The van der Waals surface area contributed by atoms with Crippen LogP contribution in [0.15, 0.2) is 0 Å². The summed E-state index contributed by atoms with van der Waals surface area (Å²) >= 11 is 0. The average Bonchev–Trinajstić information content (AvgIpc) is 2.56. The van der Waals surface area contributed by atoms with Crippen LogP contribution < -0.4 is 11.1 Å². The van der Waals surface area contributed by atoms with Gasteiger partial charge in [-0.25, -0.2) is 0 Å². The van der Waals surface area contributed by atoms with Gasteiger partial charge in [-0.2, -0.15) is 0 Å². The van der Waals surface area contributed by atoms with Crippen LogP contribution in [-0.2, 0) is 4.74 Å². The van der Waals surface area contributed by atoms with Gasteiger partial charge in [-0.15, -0.1) is 0 Å². The molecule has 3 heteroatoms. The zero-order valence-electron chi connectivity index (χ0n) is 8.26. The van der Waals surface area contributed by atoms with Crippen molar-refractivity contribution in [1.29, 1.82) is 0 Å². The van der Waals surface area contributed by atoms with Gasteiger partial charge in [-0.3, -0.25) is 0 Å². The predicted octanol–water partition coefficient (Wildman–Crippen LogP) is 0.348. The van der Waals surface area contributed by atoms with Crippen molar-refractivity contribution in [3.8, 4) is 0 Å². The maximum absolute atomic E-state index is 5.76. The van der Waals surface area contributed by atoms with Crippen LogP contribution >= 0.6 is 0 Å². The van der Waals surface area contributed by atoms with E-state index in [9.17, 15) is 0 Å². The second-order valence-corrected chi connectivity index (χ2v) is 4.37. The lowest BCUT2D eigenvalue weighted by Crippen LogP contribution is -2.39. The minimum atomic E-state index is 0.131. The Morgan fingerprint density at radius 2 is 2.25 bits per heavy atom. The maximum Gasteiger partial charge on any atom is 0.0626 e. The summed E-state index contributed by atoms with van der Waals surface area (Å²) in [6.45, 7) is 6.04. The number of rotatable bonds is 5. The predicted molar refractivity (Wildman–Crippen MR) is 50.0 cm³/mol. The van der Waals surface area contributed by atoms with E-state index in [2.05, 4.69) is 19.2 Å². The van der Waals surface area contributed by atoms with Gasteiger partial charge in [-0.1, -0.05) is 13.8 Å². The van der Waals surface area contributed by atoms with Crippen LogP contribution in [0.1, 0.15) is 20.3 Å². The quantitative estimate of drug-likeness (QED) is 0.629. The van der Waals surface area contributed by atoms with Gasteiger partial charge in [0.2, 0.25) is 0 Å². The SMILES string of the molecule is COCC(N)CNC1CC1(C)C. The van der Waals surface area contributed by atoms with Gasteiger partial charge >= 0.3 is 0 Å². The highest BCUT2D eigenvalue weighted by molar-refractivity contribution is 5.01. The number of nitrogens with two attached hydrogens (primary N) is 1. The molecule has 2 atom stereocenters. The lowest BCUT2D eigenvalue weighted by molar-refractivity contribution is 0.178. The van der Waals surface area contributed by atoms with E-state index in [1.165, 1.54) is 6.42 Å². The molecule has 1 saturated carbocycles. The van der Waals surface area contributed by atoms with Crippen LogP contribution in [0, 0.1) is 5.41 Å². The van der Waals surface area contributed by atoms with Crippen LogP contribution in [0.25, 0.3) is 0 Å². The normalized spacial score (nSPS) is 28.5. The molecule has 0 aromatic heterocycles. The summed E-state index contributed by atoms with van der Waals surface area (Å²) in [6, 6.07) is 0.798. The zero-order valence-corrected chi connectivity index (χ0v) is 8.26. The Morgan fingerprint density at radius 3 is 2.67 bits per heavy atom. The van der Waals surface area contributed by atoms with Crippen molar-refractivity contribution >= 4 is 0 Å². The molecule has 2 unspecified atom stereocenters. The molecule has 72 valence electrons. The summed E-state index contributed by atoms with van der Waals surface area (Å²) in [6.07, 6.45) is 1.27.